The summed E-state index contributed by atoms with van der Waals surface area (Å²) >= 11 is 0. The number of carboxylic acids is 3. The van der Waals surface area contributed by atoms with Crippen molar-refractivity contribution in [1.29, 1.82) is 0 Å². The number of rotatable bonds is 10. The fourth-order valence-corrected chi connectivity index (χ4v) is 4.81. The molecule has 4 N–H and O–H groups in total. The number of amides is 1. The largest absolute Gasteiger partial charge is 0.480 e. The second kappa shape index (κ2) is 15.0. The van der Waals surface area contributed by atoms with Gasteiger partial charge in [0.25, 0.3) is 0 Å². The minimum Gasteiger partial charge on any atom is -0.480 e. The van der Waals surface area contributed by atoms with Crippen molar-refractivity contribution in [2.75, 3.05) is 85.1 Å². The summed E-state index contributed by atoms with van der Waals surface area (Å²) in [5, 5.41) is 30.8. The average molecular weight is 500 g/mol. The van der Waals surface area contributed by atoms with Crippen LogP contribution in [0.15, 0.2) is 0 Å². The van der Waals surface area contributed by atoms with E-state index in [2.05, 4.69) is 12.2 Å². The number of carbonyl (C=O) groups excluding carboxylic acids is 1. The molecule has 1 amide bonds. The lowest BCUT2D eigenvalue weighted by molar-refractivity contribution is -0.140. The van der Waals surface area contributed by atoms with Crippen LogP contribution in [0.5, 0.6) is 0 Å². The standard InChI is InChI=1S/C23H41N5O7/c1-18-2-3-19(12-18)13-24-20(29)14-25-4-6-26(15-21(30)31)8-10-28(17-23(34)35)11-9-27(7-5-25)16-22(32)33/h18-19H,2-17H2,1H3,(H,24,29)(H,30,31)(H,32,33)(H,34,35). The number of hydrogen-bond donors (Lipinski definition) is 4. The molecule has 0 spiro atoms. The summed E-state index contributed by atoms with van der Waals surface area (Å²) in [5.41, 5.74) is 0. The van der Waals surface area contributed by atoms with Crippen LogP contribution in [0.4, 0.5) is 0 Å². The molecule has 0 aromatic rings. The van der Waals surface area contributed by atoms with Crippen molar-refractivity contribution in [2.45, 2.75) is 26.2 Å². The molecule has 1 aliphatic carbocycles. The maximum Gasteiger partial charge on any atom is 0.317 e. The quantitative estimate of drug-likeness (QED) is 0.293. The van der Waals surface area contributed by atoms with E-state index in [9.17, 15) is 34.5 Å². The van der Waals surface area contributed by atoms with Crippen molar-refractivity contribution in [3.05, 3.63) is 0 Å². The highest BCUT2D eigenvalue weighted by atomic mass is 16.4. The lowest BCUT2D eigenvalue weighted by atomic mass is 10.1. The molecule has 1 saturated carbocycles. The molecule has 12 heteroatoms. The van der Waals surface area contributed by atoms with Crippen molar-refractivity contribution < 1.29 is 34.5 Å². The van der Waals surface area contributed by atoms with Gasteiger partial charge >= 0.3 is 17.9 Å². The van der Waals surface area contributed by atoms with Gasteiger partial charge in [0.15, 0.2) is 0 Å². The summed E-state index contributed by atoms with van der Waals surface area (Å²) < 4.78 is 0. The van der Waals surface area contributed by atoms with E-state index >= 15 is 0 Å². The van der Waals surface area contributed by atoms with Gasteiger partial charge in [-0.05, 0) is 24.7 Å². The Balaban J connectivity index is 2.02. The van der Waals surface area contributed by atoms with Gasteiger partial charge in [-0.1, -0.05) is 13.3 Å². The third-order valence-electron chi connectivity index (χ3n) is 6.76. The summed E-state index contributed by atoms with van der Waals surface area (Å²) in [6, 6.07) is 0. The highest BCUT2D eigenvalue weighted by Crippen LogP contribution is 2.29. The number of nitrogens with one attached hydrogen (secondary N) is 1. The predicted molar refractivity (Wildman–Crippen MR) is 128 cm³/mol. The van der Waals surface area contributed by atoms with Crippen LogP contribution in [-0.2, 0) is 19.2 Å². The molecule has 1 heterocycles. The zero-order valence-corrected chi connectivity index (χ0v) is 20.7. The molecule has 2 unspecified atom stereocenters. The lowest BCUT2D eigenvalue weighted by Gasteiger charge is -2.32. The number of carboxylic acid groups (broad SMARTS) is 3. The van der Waals surface area contributed by atoms with E-state index in [0.29, 0.717) is 70.7 Å². The van der Waals surface area contributed by atoms with Gasteiger partial charge in [-0.2, -0.15) is 0 Å². The number of aliphatic carboxylic acids is 3. The molecule has 0 radical (unpaired) electrons. The van der Waals surface area contributed by atoms with Gasteiger partial charge in [-0.25, -0.2) is 0 Å². The Kier molecular flexibility index (Phi) is 12.4. The Morgan fingerprint density at radius 3 is 1.34 bits per heavy atom. The van der Waals surface area contributed by atoms with Crippen LogP contribution in [0.1, 0.15) is 26.2 Å². The van der Waals surface area contributed by atoms with Crippen LogP contribution in [0, 0.1) is 11.8 Å². The van der Waals surface area contributed by atoms with Gasteiger partial charge in [0.1, 0.15) is 0 Å². The summed E-state index contributed by atoms with van der Waals surface area (Å²) in [4.78, 5) is 53.8. The van der Waals surface area contributed by atoms with Crippen molar-refractivity contribution >= 4 is 23.8 Å². The van der Waals surface area contributed by atoms with Gasteiger partial charge in [0, 0.05) is 58.9 Å². The third kappa shape index (κ3) is 12.3. The third-order valence-corrected chi connectivity index (χ3v) is 6.76. The van der Waals surface area contributed by atoms with Crippen LogP contribution < -0.4 is 5.32 Å². The van der Waals surface area contributed by atoms with Crippen molar-refractivity contribution in [3.63, 3.8) is 0 Å². The summed E-state index contributed by atoms with van der Waals surface area (Å²) in [6.45, 7) is 5.61. The van der Waals surface area contributed by atoms with E-state index in [-0.39, 0.29) is 32.1 Å². The van der Waals surface area contributed by atoms with E-state index in [0.717, 1.165) is 12.8 Å². The number of hydrogen-bond acceptors (Lipinski definition) is 8. The molecule has 2 atom stereocenters. The van der Waals surface area contributed by atoms with Crippen LogP contribution in [-0.4, -0.2) is 144 Å². The maximum atomic E-state index is 12.7. The Labute approximate surface area is 206 Å². The molecule has 2 aliphatic rings. The fraction of sp³-hybridized carbons (Fsp3) is 0.826. The van der Waals surface area contributed by atoms with Crippen molar-refractivity contribution in [2.24, 2.45) is 11.8 Å². The molecule has 12 nitrogen and oxygen atoms in total. The highest BCUT2D eigenvalue weighted by Gasteiger charge is 2.23. The molecule has 2 rings (SSSR count). The van der Waals surface area contributed by atoms with Crippen LogP contribution in [0.2, 0.25) is 0 Å². The summed E-state index contributed by atoms with van der Waals surface area (Å²) in [6.07, 6.45) is 3.44. The normalized spacial score (nSPS) is 24.4. The minimum atomic E-state index is -0.990. The maximum absolute atomic E-state index is 12.7. The van der Waals surface area contributed by atoms with Gasteiger partial charge in [0.05, 0.1) is 26.2 Å². The minimum absolute atomic E-state index is 0.0844. The van der Waals surface area contributed by atoms with Gasteiger partial charge < -0.3 is 20.6 Å². The molecule has 35 heavy (non-hydrogen) atoms. The molecule has 200 valence electrons. The van der Waals surface area contributed by atoms with Crippen LogP contribution in [0.3, 0.4) is 0 Å². The number of carbonyl (C=O) groups is 4. The van der Waals surface area contributed by atoms with Gasteiger partial charge in [-0.3, -0.25) is 38.8 Å². The Bertz CT molecular complexity index is 690. The van der Waals surface area contributed by atoms with Crippen LogP contribution in [0.25, 0.3) is 0 Å². The lowest BCUT2D eigenvalue weighted by Crippen LogP contribution is -2.50. The molecule has 2 fully saturated rings. The first-order valence-electron chi connectivity index (χ1n) is 12.4. The first-order chi connectivity index (χ1) is 16.6. The molecular weight excluding hydrogens is 458 g/mol. The van der Waals surface area contributed by atoms with E-state index in [4.69, 9.17) is 0 Å². The van der Waals surface area contributed by atoms with E-state index < -0.39 is 17.9 Å². The van der Waals surface area contributed by atoms with E-state index in [1.165, 1.54) is 6.42 Å². The molecule has 0 aromatic heterocycles. The highest BCUT2D eigenvalue weighted by molar-refractivity contribution is 5.78. The zero-order valence-electron chi connectivity index (χ0n) is 20.7. The van der Waals surface area contributed by atoms with E-state index in [1.807, 2.05) is 4.90 Å². The van der Waals surface area contributed by atoms with E-state index in [1.54, 1.807) is 14.7 Å². The average Bonchev–Trinajstić information content (AvgIpc) is 3.18. The first-order valence-corrected chi connectivity index (χ1v) is 12.4. The zero-order chi connectivity index (χ0) is 25.8. The predicted octanol–water partition coefficient (Wildman–Crippen LogP) is -0.986. The Hall–Kier alpha value is -2.28. The van der Waals surface area contributed by atoms with Crippen molar-refractivity contribution in [1.82, 2.24) is 24.9 Å². The van der Waals surface area contributed by atoms with Crippen LogP contribution >= 0.6 is 0 Å². The number of nitrogens with zero attached hydrogens (tertiary/aromatic N) is 4. The second-order valence-electron chi connectivity index (χ2n) is 9.87. The smallest absolute Gasteiger partial charge is 0.317 e. The molecule has 0 aromatic carbocycles. The molecule has 1 saturated heterocycles. The SMILES string of the molecule is CC1CCC(CNC(=O)CN2CCN(CC(=O)O)CCN(CC(=O)O)CCN(CC(=O)O)CC2)C1. The second-order valence-corrected chi connectivity index (χ2v) is 9.87. The molecule has 0 bridgehead atoms. The summed E-state index contributed by atoms with van der Waals surface area (Å²) in [5.74, 6) is -1.81. The first kappa shape index (κ1) is 29.0. The van der Waals surface area contributed by atoms with Gasteiger partial charge in [0.2, 0.25) is 5.91 Å². The molecular formula is C23H41N5O7. The molecule has 1 aliphatic heterocycles. The Morgan fingerprint density at radius 2 is 1.03 bits per heavy atom. The Morgan fingerprint density at radius 1 is 0.657 bits per heavy atom. The topological polar surface area (TPSA) is 154 Å². The van der Waals surface area contributed by atoms with Gasteiger partial charge in [-0.15, -0.1) is 0 Å². The fourth-order valence-electron chi connectivity index (χ4n) is 4.81. The van der Waals surface area contributed by atoms with Crippen molar-refractivity contribution in [3.8, 4) is 0 Å². The summed E-state index contributed by atoms with van der Waals surface area (Å²) in [7, 11) is 0. The monoisotopic (exact) mass is 499 g/mol.